The van der Waals surface area contributed by atoms with Crippen molar-refractivity contribution >= 4 is 5.91 Å². The van der Waals surface area contributed by atoms with Crippen LogP contribution in [-0.4, -0.2) is 26.5 Å². The third-order valence-corrected chi connectivity index (χ3v) is 4.36. The molecule has 24 heavy (non-hydrogen) atoms. The second-order valence-corrected chi connectivity index (χ2v) is 5.80. The van der Waals surface area contributed by atoms with Gasteiger partial charge in [-0.1, -0.05) is 30.4 Å². The smallest absolute Gasteiger partial charge is 0.235 e. The molecule has 1 atom stereocenters. The van der Waals surface area contributed by atoms with Crippen LogP contribution in [0.3, 0.4) is 0 Å². The van der Waals surface area contributed by atoms with Crippen LogP contribution >= 0.6 is 0 Å². The maximum Gasteiger partial charge on any atom is 0.235 e. The van der Waals surface area contributed by atoms with E-state index in [0.717, 1.165) is 6.07 Å². The minimum atomic E-state index is -0.947. The Morgan fingerprint density at radius 3 is 2.71 bits per heavy atom. The van der Waals surface area contributed by atoms with Crippen LogP contribution in [0.4, 0.5) is 8.78 Å². The van der Waals surface area contributed by atoms with Gasteiger partial charge >= 0.3 is 0 Å². The van der Waals surface area contributed by atoms with E-state index in [0.29, 0.717) is 25.1 Å². The number of halogens is 2. The van der Waals surface area contributed by atoms with Gasteiger partial charge in [0.15, 0.2) is 5.82 Å². The molecule has 1 aromatic carbocycles. The highest BCUT2D eigenvalue weighted by Crippen LogP contribution is 2.36. The van der Waals surface area contributed by atoms with E-state index in [1.54, 1.807) is 0 Å². The molecular weight excluding hydrogens is 316 g/mol. The second kappa shape index (κ2) is 6.46. The Balaban J connectivity index is 1.86. The maximum absolute atomic E-state index is 14.0. The van der Waals surface area contributed by atoms with Crippen molar-refractivity contribution in [3.63, 3.8) is 0 Å². The first kappa shape index (κ1) is 16.2. The SMILES string of the molecule is CCC(NC(=O)C1(c2nn[nH]n2)CC=CC1)c1ccc(F)cc1F. The van der Waals surface area contributed by atoms with E-state index in [1.807, 2.05) is 19.1 Å². The Hall–Kier alpha value is -2.64. The Morgan fingerprint density at radius 1 is 1.38 bits per heavy atom. The van der Waals surface area contributed by atoms with Crippen molar-refractivity contribution in [2.24, 2.45) is 0 Å². The summed E-state index contributed by atoms with van der Waals surface area (Å²) in [5.41, 5.74) is -0.696. The average Bonchev–Trinajstić information content (AvgIpc) is 3.24. The lowest BCUT2D eigenvalue weighted by atomic mass is 9.83. The molecule has 0 spiro atoms. The fraction of sp³-hybridized carbons (Fsp3) is 0.375. The third kappa shape index (κ3) is 2.79. The molecule has 1 amide bonds. The lowest BCUT2D eigenvalue weighted by Gasteiger charge is -2.27. The first-order valence-electron chi connectivity index (χ1n) is 7.71. The number of hydrogen-bond acceptors (Lipinski definition) is 4. The number of H-pyrrole nitrogens is 1. The molecule has 2 aromatic rings. The predicted molar refractivity (Wildman–Crippen MR) is 81.8 cm³/mol. The molecule has 3 rings (SSSR count). The quantitative estimate of drug-likeness (QED) is 0.823. The molecule has 126 valence electrons. The monoisotopic (exact) mass is 333 g/mol. The summed E-state index contributed by atoms with van der Waals surface area (Å²) in [7, 11) is 0. The maximum atomic E-state index is 14.0. The normalized spacial score (nSPS) is 17.0. The van der Waals surface area contributed by atoms with E-state index in [-0.39, 0.29) is 11.5 Å². The van der Waals surface area contributed by atoms with Gasteiger partial charge < -0.3 is 5.32 Å². The van der Waals surface area contributed by atoms with Crippen molar-refractivity contribution in [2.45, 2.75) is 37.6 Å². The molecule has 6 nitrogen and oxygen atoms in total. The highest BCUT2D eigenvalue weighted by molar-refractivity contribution is 5.88. The van der Waals surface area contributed by atoms with Crippen LogP contribution < -0.4 is 5.32 Å². The second-order valence-electron chi connectivity index (χ2n) is 5.80. The first-order valence-corrected chi connectivity index (χ1v) is 7.71. The van der Waals surface area contributed by atoms with E-state index in [9.17, 15) is 13.6 Å². The highest BCUT2D eigenvalue weighted by atomic mass is 19.1. The average molecular weight is 333 g/mol. The highest BCUT2D eigenvalue weighted by Gasteiger charge is 2.45. The number of benzene rings is 1. The number of nitrogens with one attached hydrogen (secondary N) is 2. The Bertz CT molecular complexity index is 752. The summed E-state index contributed by atoms with van der Waals surface area (Å²) in [6.45, 7) is 1.82. The van der Waals surface area contributed by atoms with E-state index < -0.39 is 23.1 Å². The molecule has 0 saturated heterocycles. The number of amides is 1. The molecule has 1 aliphatic rings. The van der Waals surface area contributed by atoms with Crippen molar-refractivity contribution in [1.82, 2.24) is 25.9 Å². The molecule has 0 saturated carbocycles. The summed E-state index contributed by atoms with van der Waals surface area (Å²) in [6.07, 6.45) is 5.12. The zero-order chi connectivity index (χ0) is 17.2. The fourth-order valence-electron chi connectivity index (χ4n) is 2.97. The Morgan fingerprint density at radius 2 is 2.12 bits per heavy atom. The van der Waals surface area contributed by atoms with Gasteiger partial charge in [0.1, 0.15) is 17.0 Å². The largest absolute Gasteiger partial charge is 0.348 e. The van der Waals surface area contributed by atoms with Crippen molar-refractivity contribution < 1.29 is 13.6 Å². The number of allylic oxidation sites excluding steroid dienone is 2. The molecule has 1 aliphatic carbocycles. The zero-order valence-electron chi connectivity index (χ0n) is 13.1. The topological polar surface area (TPSA) is 83.6 Å². The molecule has 8 heteroatoms. The summed E-state index contributed by atoms with van der Waals surface area (Å²) in [4.78, 5) is 12.9. The number of hydrogen-bond donors (Lipinski definition) is 2. The van der Waals surface area contributed by atoms with Gasteiger partial charge in [-0.25, -0.2) is 8.78 Å². The molecular formula is C16H17F2N5O. The molecule has 0 radical (unpaired) electrons. The van der Waals surface area contributed by atoms with Crippen LogP contribution in [0.15, 0.2) is 30.4 Å². The van der Waals surface area contributed by atoms with Gasteiger partial charge in [0.2, 0.25) is 5.91 Å². The van der Waals surface area contributed by atoms with Crippen LogP contribution in [0, 0.1) is 11.6 Å². The van der Waals surface area contributed by atoms with Gasteiger partial charge in [0, 0.05) is 11.6 Å². The van der Waals surface area contributed by atoms with Crippen LogP contribution in [0.1, 0.15) is 43.6 Å². The fourth-order valence-corrected chi connectivity index (χ4v) is 2.97. The van der Waals surface area contributed by atoms with Crippen molar-refractivity contribution in [3.8, 4) is 0 Å². The molecule has 2 N–H and O–H groups in total. The number of carbonyl (C=O) groups is 1. The standard InChI is InChI=1S/C16H17F2N5O/c1-2-13(11-6-5-10(17)9-12(11)18)19-15(24)16(7-3-4-8-16)14-20-22-23-21-14/h3-6,9,13H,2,7-8H2,1H3,(H,19,24)(H,20,21,22,23). The number of aromatic nitrogens is 4. The van der Waals surface area contributed by atoms with E-state index in [1.165, 1.54) is 12.1 Å². The lowest BCUT2D eigenvalue weighted by Crippen LogP contribution is -2.45. The Labute approximate surface area is 137 Å². The van der Waals surface area contributed by atoms with Gasteiger partial charge in [-0.15, -0.1) is 10.2 Å². The van der Waals surface area contributed by atoms with Gasteiger partial charge in [0.05, 0.1) is 6.04 Å². The number of nitrogens with zero attached hydrogens (tertiary/aromatic N) is 3. The van der Waals surface area contributed by atoms with Crippen LogP contribution in [0.2, 0.25) is 0 Å². The van der Waals surface area contributed by atoms with Gasteiger partial charge in [-0.3, -0.25) is 4.79 Å². The number of aromatic amines is 1. The van der Waals surface area contributed by atoms with Crippen LogP contribution in [-0.2, 0) is 10.2 Å². The summed E-state index contributed by atoms with van der Waals surface area (Å²) < 4.78 is 27.1. The predicted octanol–water partition coefficient (Wildman–Crippen LogP) is 2.33. The van der Waals surface area contributed by atoms with Gasteiger partial charge in [0.25, 0.3) is 0 Å². The van der Waals surface area contributed by atoms with E-state index in [4.69, 9.17) is 0 Å². The van der Waals surface area contributed by atoms with E-state index >= 15 is 0 Å². The molecule has 1 aromatic heterocycles. The first-order chi connectivity index (χ1) is 11.6. The van der Waals surface area contributed by atoms with Crippen molar-refractivity contribution in [1.29, 1.82) is 0 Å². The molecule has 1 heterocycles. The van der Waals surface area contributed by atoms with Crippen molar-refractivity contribution in [2.75, 3.05) is 0 Å². The van der Waals surface area contributed by atoms with E-state index in [2.05, 4.69) is 25.9 Å². The summed E-state index contributed by atoms with van der Waals surface area (Å²) in [5.74, 6) is -1.33. The third-order valence-electron chi connectivity index (χ3n) is 4.36. The number of carbonyl (C=O) groups excluding carboxylic acids is 1. The molecule has 1 unspecified atom stereocenters. The summed E-state index contributed by atoms with van der Waals surface area (Å²) in [6, 6.07) is 2.78. The zero-order valence-corrected chi connectivity index (χ0v) is 13.1. The minimum Gasteiger partial charge on any atom is -0.348 e. The molecule has 0 bridgehead atoms. The van der Waals surface area contributed by atoms with Crippen molar-refractivity contribution in [3.05, 3.63) is 53.4 Å². The number of rotatable bonds is 5. The summed E-state index contributed by atoms with van der Waals surface area (Å²) >= 11 is 0. The van der Waals surface area contributed by atoms with Gasteiger partial charge in [-0.2, -0.15) is 5.21 Å². The molecule has 0 aliphatic heterocycles. The van der Waals surface area contributed by atoms with Crippen LogP contribution in [0.5, 0.6) is 0 Å². The lowest BCUT2D eigenvalue weighted by molar-refractivity contribution is -0.127. The minimum absolute atomic E-state index is 0.251. The summed E-state index contributed by atoms with van der Waals surface area (Å²) in [5, 5.41) is 16.7. The van der Waals surface area contributed by atoms with Gasteiger partial charge in [-0.05, 0) is 25.3 Å². The van der Waals surface area contributed by atoms with Crippen LogP contribution in [0.25, 0.3) is 0 Å². The Kier molecular flexibility index (Phi) is 4.37. The molecule has 0 fully saturated rings. The number of tetrazole rings is 1.